The smallest absolute Gasteiger partial charge is 0.147 e. The molecule has 0 saturated heterocycles. The topological polar surface area (TPSA) is 65.0 Å². The second kappa shape index (κ2) is 6.52. The Labute approximate surface area is 120 Å². The summed E-state index contributed by atoms with van der Waals surface area (Å²) < 4.78 is 15.9. The maximum Gasteiger partial charge on any atom is 0.147 e. The molecule has 0 aromatic rings. The normalized spacial score (nSPS) is 35.5. The minimum Gasteiger partial charge on any atom is -0.391 e. The van der Waals surface area contributed by atoms with Crippen LogP contribution in [-0.4, -0.2) is 50.2 Å². The van der Waals surface area contributed by atoms with Crippen LogP contribution in [0.1, 0.15) is 33.1 Å². The number of aliphatic hydroxyl groups is 1. The summed E-state index contributed by atoms with van der Waals surface area (Å²) in [5.74, 6) is 0.802. The minimum atomic E-state index is -0.684. The lowest BCUT2D eigenvalue weighted by Crippen LogP contribution is -2.63. The van der Waals surface area contributed by atoms with Crippen LogP contribution in [0, 0.1) is 17.3 Å². The molecule has 20 heavy (non-hydrogen) atoms. The highest BCUT2D eigenvalue weighted by molar-refractivity contribution is 5.94. The number of rotatable bonds is 8. The molecule has 0 heterocycles. The van der Waals surface area contributed by atoms with Crippen molar-refractivity contribution in [3.8, 4) is 0 Å². The lowest BCUT2D eigenvalue weighted by Gasteiger charge is -2.53. The van der Waals surface area contributed by atoms with E-state index < -0.39 is 17.6 Å². The molecule has 5 heteroatoms. The Bertz CT molecular complexity index is 343. The number of aliphatic hydroxyl groups excluding tert-OH is 1. The molecule has 0 aromatic heterocycles. The summed E-state index contributed by atoms with van der Waals surface area (Å²) in [5.41, 5.74) is -0.556. The average Bonchev–Trinajstić information content (AvgIpc) is 2.88. The molecule has 2 aliphatic rings. The van der Waals surface area contributed by atoms with Gasteiger partial charge >= 0.3 is 0 Å². The van der Waals surface area contributed by atoms with Crippen molar-refractivity contribution in [3.05, 3.63) is 0 Å². The van der Waals surface area contributed by atoms with E-state index in [1.165, 1.54) is 0 Å². The molecule has 0 unspecified atom stereocenters. The molecule has 0 bridgehead atoms. The number of hydrogen-bond acceptors (Lipinski definition) is 5. The van der Waals surface area contributed by atoms with Crippen LogP contribution in [0.15, 0.2) is 0 Å². The van der Waals surface area contributed by atoms with Crippen LogP contribution < -0.4 is 0 Å². The van der Waals surface area contributed by atoms with Crippen LogP contribution in [0.25, 0.3) is 0 Å². The van der Waals surface area contributed by atoms with E-state index in [4.69, 9.17) is 14.2 Å². The van der Waals surface area contributed by atoms with E-state index >= 15 is 0 Å². The summed E-state index contributed by atoms with van der Waals surface area (Å²) in [4.78, 5) is 12.4. The number of methoxy groups -OCH3 is 1. The number of carbonyl (C=O) groups excluding carboxylic acids is 1. The van der Waals surface area contributed by atoms with Gasteiger partial charge < -0.3 is 19.3 Å². The van der Waals surface area contributed by atoms with Gasteiger partial charge in [0.05, 0.1) is 30.8 Å². The van der Waals surface area contributed by atoms with Gasteiger partial charge in [-0.25, -0.2) is 0 Å². The first kappa shape index (κ1) is 15.9. The molecule has 5 nitrogen and oxygen atoms in total. The van der Waals surface area contributed by atoms with Crippen molar-refractivity contribution in [1.82, 2.24) is 0 Å². The van der Waals surface area contributed by atoms with Crippen molar-refractivity contribution < 1.29 is 24.1 Å². The van der Waals surface area contributed by atoms with Gasteiger partial charge in [-0.05, 0) is 32.6 Å². The number of hydrogen-bond donors (Lipinski definition) is 1. The molecule has 0 aromatic carbocycles. The molecule has 2 fully saturated rings. The van der Waals surface area contributed by atoms with Gasteiger partial charge in [-0.3, -0.25) is 4.79 Å². The van der Waals surface area contributed by atoms with E-state index in [2.05, 4.69) is 0 Å². The highest BCUT2D eigenvalue weighted by Crippen LogP contribution is 2.58. The SMILES string of the molecule is COCCOCO[C@H]([C@H](C)O)[C@]1(C)C(=O)[C@H]2CCC[C@H]21. The standard InChI is InChI=1S/C15H26O5/c1-10(16)14(20-9-19-8-7-18-3)15(2)12-6-4-5-11(12)13(15)17/h10-12,14,16H,4-9H2,1-3H3/t10-,11-,12+,14+,15-/m0/s1. The third kappa shape index (κ3) is 2.64. The molecule has 0 amide bonds. The fraction of sp³-hybridized carbons (Fsp3) is 0.933. The zero-order chi connectivity index (χ0) is 14.8. The molecule has 5 atom stereocenters. The predicted octanol–water partition coefficient (Wildman–Crippen LogP) is 1.38. The van der Waals surface area contributed by atoms with Crippen LogP contribution in [0.5, 0.6) is 0 Å². The summed E-state index contributed by atoms with van der Waals surface area (Å²) in [6, 6.07) is 0. The third-order valence-corrected chi connectivity index (χ3v) is 4.95. The highest BCUT2D eigenvalue weighted by atomic mass is 16.7. The van der Waals surface area contributed by atoms with Crippen LogP contribution in [0.2, 0.25) is 0 Å². The lowest BCUT2D eigenvalue weighted by atomic mass is 9.52. The maximum absolute atomic E-state index is 12.4. The Balaban J connectivity index is 1.93. The van der Waals surface area contributed by atoms with E-state index in [0.717, 1.165) is 19.3 Å². The quantitative estimate of drug-likeness (QED) is 0.539. The number of carbonyl (C=O) groups is 1. The van der Waals surface area contributed by atoms with Crippen LogP contribution in [0.3, 0.4) is 0 Å². The lowest BCUT2D eigenvalue weighted by molar-refractivity contribution is -0.205. The molecule has 116 valence electrons. The Hall–Kier alpha value is -0.490. The monoisotopic (exact) mass is 286 g/mol. The predicted molar refractivity (Wildman–Crippen MR) is 73.2 cm³/mol. The van der Waals surface area contributed by atoms with Gasteiger partial charge in [0.15, 0.2) is 0 Å². The second-order valence-electron chi connectivity index (χ2n) is 6.14. The van der Waals surface area contributed by atoms with Crippen molar-refractivity contribution in [3.63, 3.8) is 0 Å². The zero-order valence-corrected chi connectivity index (χ0v) is 12.6. The first-order valence-corrected chi connectivity index (χ1v) is 7.44. The first-order valence-electron chi connectivity index (χ1n) is 7.44. The summed E-state index contributed by atoms with van der Waals surface area (Å²) in [6.45, 7) is 4.65. The van der Waals surface area contributed by atoms with Gasteiger partial charge in [-0.15, -0.1) is 0 Å². The number of fused-ring (bicyclic) bond motifs is 1. The Kier molecular flexibility index (Phi) is 5.18. The molecule has 2 aliphatic carbocycles. The summed E-state index contributed by atoms with van der Waals surface area (Å²) >= 11 is 0. The highest BCUT2D eigenvalue weighted by Gasteiger charge is 2.64. The molecule has 0 spiro atoms. The van der Waals surface area contributed by atoms with Gasteiger partial charge in [0.1, 0.15) is 12.6 Å². The molecule has 0 aliphatic heterocycles. The van der Waals surface area contributed by atoms with Crippen LogP contribution in [-0.2, 0) is 19.0 Å². The van der Waals surface area contributed by atoms with Crippen molar-refractivity contribution in [2.45, 2.75) is 45.3 Å². The van der Waals surface area contributed by atoms with E-state index in [9.17, 15) is 9.90 Å². The fourth-order valence-electron chi connectivity index (χ4n) is 3.96. The zero-order valence-electron chi connectivity index (χ0n) is 12.6. The Morgan fingerprint density at radius 2 is 2.15 bits per heavy atom. The third-order valence-electron chi connectivity index (χ3n) is 4.95. The van der Waals surface area contributed by atoms with Crippen LogP contribution >= 0.6 is 0 Å². The first-order chi connectivity index (χ1) is 9.53. The van der Waals surface area contributed by atoms with Gasteiger partial charge in [-0.2, -0.15) is 0 Å². The summed E-state index contributed by atoms with van der Waals surface area (Å²) in [6.07, 6.45) is 1.99. The van der Waals surface area contributed by atoms with Crippen LogP contribution in [0.4, 0.5) is 0 Å². The largest absolute Gasteiger partial charge is 0.391 e. The van der Waals surface area contributed by atoms with Gasteiger partial charge in [-0.1, -0.05) is 6.42 Å². The molecule has 2 rings (SSSR count). The Morgan fingerprint density at radius 3 is 2.80 bits per heavy atom. The van der Waals surface area contributed by atoms with Gasteiger partial charge in [0.2, 0.25) is 0 Å². The molecule has 0 radical (unpaired) electrons. The minimum absolute atomic E-state index is 0.0825. The van der Waals surface area contributed by atoms with Crippen molar-refractivity contribution in [2.75, 3.05) is 27.1 Å². The average molecular weight is 286 g/mol. The van der Waals surface area contributed by atoms with Gasteiger partial charge in [0.25, 0.3) is 0 Å². The molecule has 2 saturated carbocycles. The van der Waals surface area contributed by atoms with E-state index in [-0.39, 0.29) is 18.5 Å². The van der Waals surface area contributed by atoms with Crippen molar-refractivity contribution in [1.29, 1.82) is 0 Å². The molecule has 1 N–H and O–H groups in total. The number of ketones is 1. The maximum atomic E-state index is 12.4. The molecular weight excluding hydrogens is 260 g/mol. The Morgan fingerprint density at radius 1 is 1.40 bits per heavy atom. The van der Waals surface area contributed by atoms with E-state index in [1.807, 2.05) is 6.92 Å². The second-order valence-corrected chi connectivity index (χ2v) is 6.14. The molecular formula is C15H26O5. The van der Waals surface area contributed by atoms with Gasteiger partial charge in [0, 0.05) is 13.0 Å². The van der Waals surface area contributed by atoms with Crippen molar-refractivity contribution >= 4 is 5.78 Å². The van der Waals surface area contributed by atoms with E-state index in [1.54, 1.807) is 14.0 Å². The van der Waals surface area contributed by atoms with Crippen molar-refractivity contribution in [2.24, 2.45) is 17.3 Å². The summed E-state index contributed by atoms with van der Waals surface area (Å²) in [5, 5.41) is 10.00. The summed E-state index contributed by atoms with van der Waals surface area (Å²) in [7, 11) is 1.61. The number of Topliss-reactive ketones (excluding diaryl/α,β-unsaturated/α-hetero) is 1. The van der Waals surface area contributed by atoms with E-state index in [0.29, 0.717) is 19.1 Å². The fourth-order valence-corrected chi connectivity index (χ4v) is 3.96. The number of ether oxygens (including phenoxy) is 3.